The van der Waals surface area contributed by atoms with Crippen molar-refractivity contribution in [3.63, 3.8) is 0 Å². The minimum Gasteiger partial charge on any atom is -0.212 e. The normalized spacial score (nSPS) is 23.2. The van der Waals surface area contributed by atoms with E-state index in [1.165, 1.54) is 17.4 Å². The molecule has 1 aliphatic rings. The van der Waals surface area contributed by atoms with Gasteiger partial charge in [0.05, 0.1) is 6.26 Å². The molecule has 0 bridgehead atoms. The molecule has 3 nitrogen and oxygen atoms in total. The third kappa shape index (κ3) is 4.42. The molecule has 0 aromatic heterocycles. The Morgan fingerprint density at radius 3 is 2.48 bits per heavy atom. The highest BCUT2D eigenvalue weighted by Crippen LogP contribution is 2.31. The van der Waals surface area contributed by atoms with Crippen molar-refractivity contribution in [1.82, 2.24) is 4.31 Å². The van der Waals surface area contributed by atoms with Crippen LogP contribution < -0.4 is 0 Å². The Morgan fingerprint density at radius 1 is 1.24 bits per heavy atom. The lowest BCUT2D eigenvalue weighted by Gasteiger charge is -2.26. The molecule has 1 aromatic rings. The van der Waals surface area contributed by atoms with E-state index in [0.29, 0.717) is 0 Å². The Labute approximate surface area is 128 Å². The van der Waals surface area contributed by atoms with Crippen molar-refractivity contribution in [3.05, 3.63) is 47.5 Å². The molecule has 1 saturated heterocycles. The SMILES string of the molecule is CC(C)=CC1CCC(CCc2ccccc2)N1S(C)(=O)=O. The fourth-order valence-corrected chi connectivity index (χ4v) is 4.61. The molecule has 2 atom stereocenters. The standard InChI is InChI=1S/C17H25NO2S/c1-14(2)13-17-12-11-16(18(17)21(3,19)20)10-9-15-7-5-4-6-8-15/h4-8,13,16-17H,9-12H2,1-3H3. The van der Waals surface area contributed by atoms with Crippen LogP contribution in [0.2, 0.25) is 0 Å². The molecule has 0 N–H and O–H groups in total. The molecule has 1 heterocycles. The summed E-state index contributed by atoms with van der Waals surface area (Å²) in [6.07, 6.45) is 7.12. The van der Waals surface area contributed by atoms with Gasteiger partial charge in [-0.25, -0.2) is 8.42 Å². The molecule has 0 radical (unpaired) electrons. The van der Waals surface area contributed by atoms with Crippen molar-refractivity contribution < 1.29 is 8.42 Å². The third-order valence-electron chi connectivity index (χ3n) is 4.00. The molecule has 0 amide bonds. The number of aryl methyl sites for hydroxylation is 1. The molecule has 116 valence electrons. The highest BCUT2D eigenvalue weighted by Gasteiger charge is 2.37. The maximum absolute atomic E-state index is 12.1. The first-order valence-electron chi connectivity index (χ1n) is 7.55. The van der Waals surface area contributed by atoms with Gasteiger partial charge in [-0.3, -0.25) is 0 Å². The second-order valence-corrected chi connectivity index (χ2v) is 8.05. The Bertz CT molecular complexity index is 588. The zero-order chi connectivity index (χ0) is 15.5. The topological polar surface area (TPSA) is 37.4 Å². The summed E-state index contributed by atoms with van der Waals surface area (Å²) in [7, 11) is -3.16. The predicted molar refractivity (Wildman–Crippen MR) is 87.7 cm³/mol. The quantitative estimate of drug-likeness (QED) is 0.782. The van der Waals surface area contributed by atoms with Crippen LogP contribution in [0.1, 0.15) is 38.7 Å². The summed E-state index contributed by atoms with van der Waals surface area (Å²) in [5.74, 6) is 0. The number of rotatable bonds is 5. The average molecular weight is 307 g/mol. The zero-order valence-electron chi connectivity index (χ0n) is 13.1. The number of hydrogen-bond donors (Lipinski definition) is 0. The van der Waals surface area contributed by atoms with E-state index in [-0.39, 0.29) is 12.1 Å². The third-order valence-corrected chi connectivity index (χ3v) is 5.33. The molecule has 0 saturated carbocycles. The Morgan fingerprint density at radius 2 is 1.90 bits per heavy atom. The van der Waals surface area contributed by atoms with E-state index in [2.05, 4.69) is 18.2 Å². The van der Waals surface area contributed by atoms with Crippen LogP contribution in [0, 0.1) is 0 Å². The predicted octanol–water partition coefficient (Wildman–Crippen LogP) is 3.38. The number of sulfonamides is 1. The molecule has 2 rings (SSSR count). The maximum Gasteiger partial charge on any atom is 0.211 e. The van der Waals surface area contributed by atoms with E-state index >= 15 is 0 Å². The van der Waals surface area contributed by atoms with Crippen molar-refractivity contribution in [2.24, 2.45) is 0 Å². The Kier molecular flexibility index (Phi) is 5.22. The summed E-state index contributed by atoms with van der Waals surface area (Å²) in [5.41, 5.74) is 2.45. The van der Waals surface area contributed by atoms with Crippen LogP contribution in [0.3, 0.4) is 0 Å². The number of allylic oxidation sites excluding steroid dienone is 1. The zero-order valence-corrected chi connectivity index (χ0v) is 13.9. The highest BCUT2D eigenvalue weighted by molar-refractivity contribution is 7.88. The van der Waals surface area contributed by atoms with Gasteiger partial charge in [0.25, 0.3) is 0 Å². The largest absolute Gasteiger partial charge is 0.212 e. The number of hydrogen-bond acceptors (Lipinski definition) is 2. The van der Waals surface area contributed by atoms with Crippen LogP contribution in [0.15, 0.2) is 42.0 Å². The first-order valence-corrected chi connectivity index (χ1v) is 9.40. The minimum absolute atomic E-state index is 0.0331. The lowest BCUT2D eigenvalue weighted by molar-refractivity contribution is 0.340. The second kappa shape index (κ2) is 6.75. The molecule has 0 aliphatic carbocycles. The monoisotopic (exact) mass is 307 g/mol. The summed E-state index contributed by atoms with van der Waals surface area (Å²) >= 11 is 0. The van der Waals surface area contributed by atoms with Crippen LogP contribution >= 0.6 is 0 Å². The summed E-state index contributed by atoms with van der Waals surface area (Å²) < 4.78 is 26.0. The van der Waals surface area contributed by atoms with E-state index < -0.39 is 10.0 Å². The van der Waals surface area contributed by atoms with E-state index in [1.807, 2.05) is 32.0 Å². The first-order chi connectivity index (χ1) is 9.88. The molecule has 4 heteroatoms. The molecule has 1 fully saturated rings. The van der Waals surface area contributed by atoms with Gasteiger partial charge in [-0.05, 0) is 45.1 Å². The molecule has 2 unspecified atom stereocenters. The number of nitrogens with zero attached hydrogens (tertiary/aromatic N) is 1. The van der Waals surface area contributed by atoms with Gasteiger partial charge < -0.3 is 0 Å². The van der Waals surface area contributed by atoms with Gasteiger partial charge in [-0.15, -0.1) is 0 Å². The number of benzene rings is 1. The second-order valence-electron chi connectivity index (χ2n) is 6.16. The van der Waals surface area contributed by atoms with Crippen molar-refractivity contribution in [3.8, 4) is 0 Å². The Balaban J connectivity index is 2.10. The summed E-state index contributed by atoms with van der Waals surface area (Å²) in [6, 6.07) is 10.4. The summed E-state index contributed by atoms with van der Waals surface area (Å²) in [4.78, 5) is 0. The molecular weight excluding hydrogens is 282 g/mol. The molecule has 1 aromatic carbocycles. The molecule has 21 heavy (non-hydrogen) atoms. The smallest absolute Gasteiger partial charge is 0.211 e. The van der Waals surface area contributed by atoms with Crippen LogP contribution in [0.25, 0.3) is 0 Å². The van der Waals surface area contributed by atoms with Crippen LogP contribution in [-0.4, -0.2) is 31.1 Å². The van der Waals surface area contributed by atoms with Gasteiger partial charge in [0.15, 0.2) is 0 Å². The van der Waals surface area contributed by atoms with Crippen molar-refractivity contribution in [2.45, 2.75) is 51.6 Å². The van der Waals surface area contributed by atoms with Crippen LogP contribution in [0.4, 0.5) is 0 Å². The fourth-order valence-electron chi connectivity index (χ4n) is 3.20. The van der Waals surface area contributed by atoms with Gasteiger partial charge in [-0.1, -0.05) is 42.0 Å². The lowest BCUT2D eigenvalue weighted by atomic mass is 10.0. The van der Waals surface area contributed by atoms with Gasteiger partial charge in [0.2, 0.25) is 10.0 Å². The van der Waals surface area contributed by atoms with Crippen molar-refractivity contribution in [2.75, 3.05) is 6.26 Å². The molecule has 1 aliphatic heterocycles. The van der Waals surface area contributed by atoms with Gasteiger partial charge in [-0.2, -0.15) is 4.31 Å². The molecule has 0 spiro atoms. The van der Waals surface area contributed by atoms with Gasteiger partial charge in [0.1, 0.15) is 0 Å². The summed E-state index contributed by atoms with van der Waals surface area (Å²) in [6.45, 7) is 4.05. The lowest BCUT2D eigenvalue weighted by Crippen LogP contribution is -2.40. The van der Waals surface area contributed by atoms with Crippen LogP contribution in [-0.2, 0) is 16.4 Å². The van der Waals surface area contributed by atoms with E-state index in [0.717, 1.165) is 25.7 Å². The van der Waals surface area contributed by atoms with Crippen LogP contribution in [0.5, 0.6) is 0 Å². The first kappa shape index (κ1) is 16.2. The van der Waals surface area contributed by atoms with E-state index in [4.69, 9.17) is 0 Å². The molecular formula is C17H25NO2S. The maximum atomic E-state index is 12.1. The van der Waals surface area contributed by atoms with Crippen molar-refractivity contribution >= 4 is 10.0 Å². The fraction of sp³-hybridized carbons (Fsp3) is 0.529. The van der Waals surface area contributed by atoms with Gasteiger partial charge in [0, 0.05) is 12.1 Å². The Hall–Kier alpha value is -1.13. The average Bonchev–Trinajstić information content (AvgIpc) is 2.79. The highest BCUT2D eigenvalue weighted by atomic mass is 32.2. The van der Waals surface area contributed by atoms with Gasteiger partial charge >= 0.3 is 0 Å². The van der Waals surface area contributed by atoms with E-state index in [1.54, 1.807) is 4.31 Å². The van der Waals surface area contributed by atoms with E-state index in [9.17, 15) is 8.42 Å². The minimum atomic E-state index is -3.16. The van der Waals surface area contributed by atoms with Crippen molar-refractivity contribution in [1.29, 1.82) is 0 Å². The summed E-state index contributed by atoms with van der Waals surface area (Å²) in [5, 5.41) is 0.